The summed E-state index contributed by atoms with van der Waals surface area (Å²) in [4.78, 5) is 0. The maximum atomic E-state index is 9.36. The molecule has 20 heavy (non-hydrogen) atoms. The average Bonchev–Trinajstić information content (AvgIpc) is 2.48. The lowest BCUT2D eigenvalue weighted by atomic mass is 10.2. The summed E-state index contributed by atoms with van der Waals surface area (Å²) in [5.74, 6) is 1.46. The van der Waals surface area contributed by atoms with Crippen LogP contribution in [0.15, 0.2) is 36.4 Å². The van der Waals surface area contributed by atoms with Crippen LogP contribution in [0, 0.1) is 0 Å². The topological polar surface area (TPSA) is 58.9 Å². The van der Waals surface area contributed by atoms with Crippen LogP contribution in [0.4, 0.5) is 0 Å². The molecule has 0 unspecified atom stereocenters. The van der Waals surface area contributed by atoms with Gasteiger partial charge in [0.2, 0.25) is 0 Å². The van der Waals surface area contributed by atoms with E-state index in [2.05, 4.69) is 0 Å². The Balaban J connectivity index is 2.37. The SMILES string of the molecule is COc1cc(CO)ccc1Oc1cccc(Cl)c1CO. The van der Waals surface area contributed by atoms with Crippen molar-refractivity contribution >= 4 is 11.6 Å². The molecule has 0 saturated carbocycles. The third-order valence-corrected chi connectivity index (χ3v) is 3.22. The fraction of sp³-hybridized carbons (Fsp3) is 0.200. The predicted octanol–water partition coefficient (Wildman–Crippen LogP) is 3.13. The van der Waals surface area contributed by atoms with Crippen molar-refractivity contribution in [2.75, 3.05) is 7.11 Å². The fourth-order valence-corrected chi connectivity index (χ4v) is 2.03. The summed E-state index contributed by atoms with van der Waals surface area (Å²) in [6.45, 7) is -0.290. The molecule has 0 aromatic heterocycles. The number of aliphatic hydroxyl groups excluding tert-OH is 2. The van der Waals surface area contributed by atoms with Crippen molar-refractivity contribution in [3.63, 3.8) is 0 Å². The Morgan fingerprint density at radius 3 is 2.45 bits per heavy atom. The van der Waals surface area contributed by atoms with Crippen LogP contribution in [-0.4, -0.2) is 17.3 Å². The molecule has 0 aliphatic carbocycles. The smallest absolute Gasteiger partial charge is 0.169 e. The predicted molar refractivity (Wildman–Crippen MR) is 76.4 cm³/mol. The average molecular weight is 295 g/mol. The molecule has 0 radical (unpaired) electrons. The third kappa shape index (κ3) is 3.04. The van der Waals surface area contributed by atoms with Crippen LogP contribution in [0.1, 0.15) is 11.1 Å². The van der Waals surface area contributed by atoms with Crippen molar-refractivity contribution < 1.29 is 19.7 Å². The molecule has 2 N–H and O–H groups in total. The van der Waals surface area contributed by atoms with Crippen LogP contribution in [0.2, 0.25) is 5.02 Å². The van der Waals surface area contributed by atoms with Crippen LogP contribution >= 0.6 is 11.6 Å². The van der Waals surface area contributed by atoms with Crippen molar-refractivity contribution in [2.24, 2.45) is 0 Å². The van der Waals surface area contributed by atoms with Crippen molar-refractivity contribution in [3.05, 3.63) is 52.5 Å². The largest absolute Gasteiger partial charge is 0.493 e. The van der Waals surface area contributed by atoms with Gasteiger partial charge in [0.15, 0.2) is 11.5 Å². The Labute approximate surface area is 122 Å². The van der Waals surface area contributed by atoms with E-state index in [1.165, 1.54) is 7.11 Å². The number of hydrogen-bond acceptors (Lipinski definition) is 4. The first kappa shape index (κ1) is 14.7. The normalized spacial score (nSPS) is 10.4. The first-order valence-corrected chi connectivity index (χ1v) is 6.41. The van der Waals surface area contributed by atoms with E-state index in [4.69, 9.17) is 26.2 Å². The van der Waals surface area contributed by atoms with Gasteiger partial charge in [-0.3, -0.25) is 0 Å². The lowest BCUT2D eigenvalue weighted by molar-refractivity contribution is 0.275. The zero-order chi connectivity index (χ0) is 14.5. The molecular weight excluding hydrogens is 280 g/mol. The summed E-state index contributed by atoms with van der Waals surface area (Å²) in [6, 6.07) is 10.3. The van der Waals surface area contributed by atoms with Crippen molar-refractivity contribution in [3.8, 4) is 17.2 Å². The van der Waals surface area contributed by atoms with E-state index >= 15 is 0 Å². The zero-order valence-corrected chi connectivity index (χ0v) is 11.7. The molecular formula is C15H15ClO4. The maximum absolute atomic E-state index is 9.36. The highest BCUT2D eigenvalue weighted by atomic mass is 35.5. The van der Waals surface area contributed by atoms with Gasteiger partial charge in [0.25, 0.3) is 0 Å². The number of hydrogen-bond donors (Lipinski definition) is 2. The highest BCUT2D eigenvalue weighted by molar-refractivity contribution is 6.31. The molecule has 0 bridgehead atoms. The molecule has 5 heteroatoms. The second-order valence-corrected chi connectivity index (χ2v) is 4.53. The molecule has 0 heterocycles. The minimum atomic E-state index is -0.216. The molecule has 0 aliphatic heterocycles. The van der Waals surface area contributed by atoms with Crippen LogP contribution in [0.5, 0.6) is 17.2 Å². The molecule has 2 aromatic rings. The summed E-state index contributed by atoms with van der Waals surface area (Å²) >= 11 is 6.01. The maximum Gasteiger partial charge on any atom is 0.169 e. The number of ether oxygens (including phenoxy) is 2. The summed E-state index contributed by atoms with van der Waals surface area (Å²) < 4.78 is 11.0. The van der Waals surface area contributed by atoms with Gasteiger partial charge in [-0.15, -0.1) is 0 Å². The monoisotopic (exact) mass is 294 g/mol. The summed E-state index contributed by atoms with van der Waals surface area (Å²) in [5.41, 5.74) is 1.24. The standard InChI is InChI=1S/C15H15ClO4/c1-19-15-7-10(8-17)5-6-14(15)20-13-4-2-3-12(16)11(13)9-18/h2-7,17-18H,8-9H2,1H3. The molecule has 2 aromatic carbocycles. The Hall–Kier alpha value is -1.75. The molecule has 0 saturated heterocycles. The third-order valence-electron chi connectivity index (χ3n) is 2.86. The van der Waals surface area contributed by atoms with Gasteiger partial charge in [-0.25, -0.2) is 0 Å². The van der Waals surface area contributed by atoms with Gasteiger partial charge in [-0.1, -0.05) is 23.7 Å². The number of aliphatic hydroxyl groups is 2. The van der Waals surface area contributed by atoms with Crippen molar-refractivity contribution in [1.82, 2.24) is 0 Å². The van der Waals surface area contributed by atoms with Gasteiger partial charge in [0.1, 0.15) is 5.75 Å². The van der Waals surface area contributed by atoms with Gasteiger partial charge >= 0.3 is 0 Å². The van der Waals surface area contributed by atoms with Crippen molar-refractivity contribution in [2.45, 2.75) is 13.2 Å². The summed E-state index contributed by atoms with van der Waals surface area (Å²) in [5, 5.41) is 18.9. The molecule has 0 amide bonds. The van der Waals surface area contributed by atoms with Gasteiger partial charge < -0.3 is 19.7 Å². The fourth-order valence-electron chi connectivity index (χ4n) is 1.80. The highest BCUT2D eigenvalue weighted by Gasteiger charge is 2.11. The number of benzene rings is 2. The second-order valence-electron chi connectivity index (χ2n) is 4.12. The number of halogens is 1. The van der Waals surface area contributed by atoms with E-state index in [0.29, 0.717) is 27.8 Å². The lowest BCUT2D eigenvalue weighted by Gasteiger charge is -2.14. The van der Waals surface area contributed by atoms with E-state index in [1.54, 1.807) is 36.4 Å². The van der Waals surface area contributed by atoms with E-state index in [0.717, 1.165) is 5.56 Å². The minimum Gasteiger partial charge on any atom is -0.493 e. The molecule has 0 fully saturated rings. The molecule has 0 aliphatic rings. The summed E-state index contributed by atoms with van der Waals surface area (Å²) in [6.07, 6.45) is 0. The molecule has 0 atom stereocenters. The first-order chi connectivity index (χ1) is 9.69. The van der Waals surface area contributed by atoms with Crippen LogP contribution in [-0.2, 0) is 13.2 Å². The van der Waals surface area contributed by atoms with Crippen LogP contribution in [0.3, 0.4) is 0 Å². The summed E-state index contributed by atoms with van der Waals surface area (Å²) in [7, 11) is 1.52. The quantitative estimate of drug-likeness (QED) is 0.889. The van der Waals surface area contributed by atoms with E-state index in [-0.39, 0.29) is 13.2 Å². The van der Waals surface area contributed by atoms with Crippen molar-refractivity contribution in [1.29, 1.82) is 0 Å². The number of methoxy groups -OCH3 is 1. The van der Waals surface area contributed by atoms with Crippen LogP contribution in [0.25, 0.3) is 0 Å². The lowest BCUT2D eigenvalue weighted by Crippen LogP contribution is -1.96. The van der Waals surface area contributed by atoms with E-state index < -0.39 is 0 Å². The number of rotatable bonds is 5. The zero-order valence-electron chi connectivity index (χ0n) is 11.0. The minimum absolute atomic E-state index is 0.0737. The highest BCUT2D eigenvalue weighted by Crippen LogP contribution is 2.35. The van der Waals surface area contributed by atoms with Crippen LogP contribution < -0.4 is 9.47 Å². The van der Waals surface area contributed by atoms with E-state index in [1.807, 2.05) is 0 Å². The second kappa shape index (κ2) is 6.61. The van der Waals surface area contributed by atoms with E-state index in [9.17, 15) is 5.11 Å². The Morgan fingerprint density at radius 2 is 1.80 bits per heavy atom. The van der Waals surface area contributed by atoms with Gasteiger partial charge in [-0.05, 0) is 29.8 Å². The van der Waals surface area contributed by atoms with Gasteiger partial charge in [0.05, 0.1) is 20.3 Å². The Morgan fingerprint density at radius 1 is 1.00 bits per heavy atom. The Kier molecular flexibility index (Phi) is 4.84. The molecule has 0 spiro atoms. The molecule has 2 rings (SSSR count). The molecule has 106 valence electrons. The molecule has 4 nitrogen and oxygen atoms in total. The Bertz CT molecular complexity index is 598. The van der Waals surface area contributed by atoms with Gasteiger partial charge in [-0.2, -0.15) is 0 Å². The van der Waals surface area contributed by atoms with Gasteiger partial charge in [0, 0.05) is 10.6 Å². The first-order valence-electron chi connectivity index (χ1n) is 6.03.